The number of nitrogens with zero attached hydrogens (tertiary/aromatic N) is 5. The van der Waals surface area contributed by atoms with Gasteiger partial charge in [0.1, 0.15) is 5.69 Å². The second-order valence-electron chi connectivity index (χ2n) is 8.40. The largest absolute Gasteiger partial charge is 0.351 e. The van der Waals surface area contributed by atoms with Crippen molar-refractivity contribution in [2.45, 2.75) is 57.8 Å². The molecule has 0 aromatic carbocycles. The van der Waals surface area contributed by atoms with Crippen LogP contribution in [0.2, 0.25) is 0 Å². The first-order valence-corrected chi connectivity index (χ1v) is 12.4. The van der Waals surface area contributed by atoms with Gasteiger partial charge >= 0.3 is 0 Å². The summed E-state index contributed by atoms with van der Waals surface area (Å²) in [6, 6.07) is 3.76. The number of anilines is 1. The highest BCUT2D eigenvalue weighted by molar-refractivity contribution is 7.17. The Balaban J connectivity index is 1.31. The van der Waals surface area contributed by atoms with Crippen molar-refractivity contribution in [1.29, 1.82) is 0 Å². The van der Waals surface area contributed by atoms with Gasteiger partial charge in [0.25, 0.3) is 5.91 Å². The third-order valence-electron chi connectivity index (χ3n) is 6.10. The molecule has 0 aliphatic carbocycles. The van der Waals surface area contributed by atoms with E-state index in [0.29, 0.717) is 12.2 Å². The van der Waals surface area contributed by atoms with E-state index in [1.807, 2.05) is 22.9 Å². The summed E-state index contributed by atoms with van der Waals surface area (Å²) < 4.78 is 1.86. The molecule has 4 rings (SSSR count). The molecule has 0 saturated carbocycles. The quantitative estimate of drug-likeness (QED) is 0.679. The zero-order chi connectivity index (χ0) is 20.6. The fourth-order valence-corrected chi connectivity index (χ4v) is 5.28. The van der Waals surface area contributed by atoms with Crippen molar-refractivity contribution < 1.29 is 4.79 Å². The summed E-state index contributed by atoms with van der Waals surface area (Å²) in [7, 11) is 0. The normalized spacial score (nSPS) is 18.7. The SMILES string of the molecule is O=C(NCCCN1CCCCCC1)c1cccn1-c1nnc(N2CCCCCC2)s1. The molecule has 164 valence electrons. The van der Waals surface area contributed by atoms with Gasteiger partial charge in [0.05, 0.1) is 0 Å². The number of hydrogen-bond acceptors (Lipinski definition) is 6. The summed E-state index contributed by atoms with van der Waals surface area (Å²) in [6.07, 6.45) is 13.2. The van der Waals surface area contributed by atoms with Crippen molar-refractivity contribution in [3.8, 4) is 5.13 Å². The molecule has 1 amide bonds. The molecule has 8 heteroatoms. The van der Waals surface area contributed by atoms with Crippen LogP contribution in [0.25, 0.3) is 5.13 Å². The third-order valence-corrected chi connectivity index (χ3v) is 7.09. The molecule has 0 bridgehead atoms. The number of likely N-dealkylation sites (tertiary alicyclic amines) is 1. The van der Waals surface area contributed by atoms with E-state index in [1.165, 1.54) is 64.5 Å². The average molecular weight is 431 g/mol. The van der Waals surface area contributed by atoms with Crippen molar-refractivity contribution in [3.05, 3.63) is 24.0 Å². The van der Waals surface area contributed by atoms with Crippen LogP contribution >= 0.6 is 11.3 Å². The second-order valence-corrected chi connectivity index (χ2v) is 9.33. The number of amides is 1. The van der Waals surface area contributed by atoms with E-state index in [9.17, 15) is 4.79 Å². The van der Waals surface area contributed by atoms with Crippen molar-refractivity contribution in [2.24, 2.45) is 0 Å². The predicted molar refractivity (Wildman–Crippen MR) is 122 cm³/mol. The second kappa shape index (κ2) is 10.9. The lowest BCUT2D eigenvalue weighted by Crippen LogP contribution is -2.31. The highest BCUT2D eigenvalue weighted by Gasteiger charge is 2.18. The smallest absolute Gasteiger partial charge is 0.268 e. The van der Waals surface area contributed by atoms with Gasteiger partial charge in [-0.3, -0.25) is 9.36 Å². The van der Waals surface area contributed by atoms with Gasteiger partial charge in [-0.25, -0.2) is 0 Å². The lowest BCUT2D eigenvalue weighted by molar-refractivity contribution is 0.0945. The molecule has 2 aliphatic heterocycles. The minimum absolute atomic E-state index is 0.0395. The van der Waals surface area contributed by atoms with Crippen molar-refractivity contribution in [1.82, 2.24) is 25.0 Å². The molecule has 0 unspecified atom stereocenters. The molecule has 2 saturated heterocycles. The van der Waals surface area contributed by atoms with Crippen LogP contribution in [0.15, 0.2) is 18.3 Å². The molecule has 0 radical (unpaired) electrons. The van der Waals surface area contributed by atoms with Crippen LogP contribution in [0.1, 0.15) is 68.3 Å². The first kappa shape index (κ1) is 21.3. The van der Waals surface area contributed by atoms with E-state index in [2.05, 4.69) is 25.3 Å². The highest BCUT2D eigenvalue weighted by Crippen LogP contribution is 2.26. The van der Waals surface area contributed by atoms with Gasteiger partial charge in [-0.15, -0.1) is 10.2 Å². The number of carbonyl (C=O) groups is 1. The Morgan fingerprint density at radius 1 is 0.933 bits per heavy atom. The monoisotopic (exact) mass is 430 g/mol. The maximum Gasteiger partial charge on any atom is 0.268 e. The van der Waals surface area contributed by atoms with Gasteiger partial charge in [-0.1, -0.05) is 37.0 Å². The maximum absolute atomic E-state index is 12.8. The van der Waals surface area contributed by atoms with Crippen LogP contribution in [-0.4, -0.2) is 64.8 Å². The molecule has 0 spiro atoms. The van der Waals surface area contributed by atoms with Crippen molar-refractivity contribution in [3.63, 3.8) is 0 Å². The van der Waals surface area contributed by atoms with Gasteiger partial charge < -0.3 is 15.1 Å². The van der Waals surface area contributed by atoms with E-state index in [-0.39, 0.29) is 5.91 Å². The Bertz CT molecular complexity index is 787. The van der Waals surface area contributed by atoms with E-state index < -0.39 is 0 Å². The van der Waals surface area contributed by atoms with Crippen LogP contribution < -0.4 is 10.2 Å². The average Bonchev–Trinajstić information content (AvgIpc) is 3.26. The number of hydrogen-bond donors (Lipinski definition) is 1. The van der Waals surface area contributed by atoms with Crippen LogP contribution in [0.3, 0.4) is 0 Å². The molecule has 0 atom stereocenters. The summed E-state index contributed by atoms with van der Waals surface area (Å²) in [4.78, 5) is 17.6. The van der Waals surface area contributed by atoms with E-state index in [1.54, 1.807) is 11.3 Å². The Hall–Kier alpha value is -1.93. The minimum atomic E-state index is -0.0395. The first-order valence-electron chi connectivity index (χ1n) is 11.6. The molecule has 2 aromatic rings. The van der Waals surface area contributed by atoms with Crippen LogP contribution in [-0.2, 0) is 0 Å². The summed E-state index contributed by atoms with van der Waals surface area (Å²) in [5.74, 6) is -0.0395. The molecule has 4 heterocycles. The highest BCUT2D eigenvalue weighted by atomic mass is 32.1. The molecular weight excluding hydrogens is 396 g/mol. The maximum atomic E-state index is 12.8. The van der Waals surface area contributed by atoms with Crippen LogP contribution in [0, 0.1) is 0 Å². The lowest BCUT2D eigenvalue weighted by Gasteiger charge is -2.19. The summed E-state index contributed by atoms with van der Waals surface area (Å²) >= 11 is 1.57. The Morgan fingerprint density at radius 2 is 1.60 bits per heavy atom. The summed E-state index contributed by atoms with van der Waals surface area (Å²) in [5.41, 5.74) is 0.628. The molecule has 2 aromatic heterocycles. The molecule has 1 N–H and O–H groups in total. The summed E-state index contributed by atoms with van der Waals surface area (Å²) in [5, 5.41) is 13.6. The molecule has 2 aliphatic rings. The molecular formula is C22H34N6OS. The van der Waals surface area contributed by atoms with E-state index >= 15 is 0 Å². The van der Waals surface area contributed by atoms with Gasteiger partial charge in [0, 0.05) is 25.8 Å². The summed E-state index contributed by atoms with van der Waals surface area (Å²) in [6.45, 7) is 6.27. The predicted octanol–water partition coefficient (Wildman–Crippen LogP) is 3.71. The number of nitrogens with one attached hydrogen (secondary N) is 1. The standard InChI is InChI=1S/C22H34N6OS/c29-20(23-12-10-15-26-13-5-1-2-6-14-26)19-11-9-18-28(19)22-25-24-21(30-22)27-16-7-3-4-8-17-27/h9,11,18H,1-8,10,12-17H2,(H,23,29). The fraction of sp³-hybridized carbons (Fsp3) is 0.682. The zero-order valence-electron chi connectivity index (χ0n) is 17.9. The topological polar surface area (TPSA) is 66.3 Å². The van der Waals surface area contributed by atoms with Gasteiger partial charge in [-0.05, 0) is 63.9 Å². The number of rotatable bonds is 7. The van der Waals surface area contributed by atoms with Crippen LogP contribution in [0.5, 0.6) is 0 Å². The molecule has 30 heavy (non-hydrogen) atoms. The van der Waals surface area contributed by atoms with E-state index in [0.717, 1.165) is 36.3 Å². The van der Waals surface area contributed by atoms with Gasteiger partial charge in [0.2, 0.25) is 10.3 Å². The van der Waals surface area contributed by atoms with Crippen molar-refractivity contribution >= 4 is 22.4 Å². The molecule has 2 fully saturated rings. The zero-order valence-corrected chi connectivity index (χ0v) is 18.7. The van der Waals surface area contributed by atoms with Gasteiger partial charge in [-0.2, -0.15) is 0 Å². The Labute approximate surface area is 183 Å². The van der Waals surface area contributed by atoms with Gasteiger partial charge in [0.15, 0.2) is 0 Å². The molecule has 7 nitrogen and oxygen atoms in total. The van der Waals surface area contributed by atoms with E-state index in [4.69, 9.17) is 0 Å². The fourth-order valence-electron chi connectivity index (χ4n) is 4.38. The lowest BCUT2D eigenvalue weighted by atomic mass is 10.2. The third kappa shape index (κ3) is 5.60. The minimum Gasteiger partial charge on any atom is -0.351 e. The first-order chi connectivity index (χ1) is 14.8. The van der Waals surface area contributed by atoms with Crippen molar-refractivity contribution in [2.75, 3.05) is 44.2 Å². The Kier molecular flexibility index (Phi) is 7.75. The number of aromatic nitrogens is 3. The van der Waals surface area contributed by atoms with Crippen LogP contribution in [0.4, 0.5) is 5.13 Å². The number of carbonyl (C=O) groups excluding carboxylic acids is 1. The Morgan fingerprint density at radius 3 is 2.33 bits per heavy atom.